The summed E-state index contributed by atoms with van der Waals surface area (Å²) in [5.74, 6) is 0. The lowest BCUT2D eigenvalue weighted by Gasteiger charge is -2.38. The first kappa shape index (κ1) is 12.2. The van der Waals surface area contributed by atoms with Gasteiger partial charge >= 0.3 is 0 Å². The molecule has 17 heavy (non-hydrogen) atoms. The Bertz CT molecular complexity index is 442. The van der Waals surface area contributed by atoms with Crippen molar-refractivity contribution in [2.45, 2.75) is 25.9 Å². The minimum absolute atomic E-state index is 0.421. The Kier molecular flexibility index (Phi) is 3.56. The molecule has 2 unspecified atom stereocenters. The molecule has 0 aromatic heterocycles. The number of halogens is 1. The normalized spacial score (nSPS) is 24.5. The van der Waals surface area contributed by atoms with E-state index in [2.05, 4.69) is 30.1 Å². The highest BCUT2D eigenvalue weighted by Gasteiger charge is 2.23. The number of hydrogen-bond donors (Lipinski definition) is 1. The summed E-state index contributed by atoms with van der Waals surface area (Å²) in [6.45, 7) is 6.11. The molecule has 1 aliphatic heterocycles. The van der Waals surface area contributed by atoms with E-state index in [1.165, 1.54) is 0 Å². The van der Waals surface area contributed by atoms with Gasteiger partial charge in [-0.05, 0) is 26.0 Å². The van der Waals surface area contributed by atoms with Gasteiger partial charge in [-0.1, -0.05) is 17.7 Å². The van der Waals surface area contributed by atoms with Crippen LogP contribution in [0.25, 0.3) is 0 Å². The number of nitrogens with one attached hydrogen (secondary N) is 1. The zero-order valence-electron chi connectivity index (χ0n) is 10.1. The van der Waals surface area contributed by atoms with Gasteiger partial charge in [0.2, 0.25) is 0 Å². The number of nitrogens with zero attached hydrogens (tertiary/aromatic N) is 2. The molecule has 4 heteroatoms. The number of rotatable bonds is 1. The second kappa shape index (κ2) is 4.95. The van der Waals surface area contributed by atoms with E-state index < -0.39 is 0 Å². The third kappa shape index (κ3) is 2.54. The van der Waals surface area contributed by atoms with E-state index in [9.17, 15) is 5.26 Å². The van der Waals surface area contributed by atoms with Crippen LogP contribution < -0.4 is 10.2 Å². The van der Waals surface area contributed by atoms with Crippen molar-refractivity contribution in [3.05, 3.63) is 28.8 Å². The lowest BCUT2D eigenvalue weighted by molar-refractivity contribution is 0.407. The minimum atomic E-state index is 0.421. The first-order valence-corrected chi connectivity index (χ1v) is 6.19. The molecule has 2 atom stereocenters. The predicted octanol–water partition coefficient (Wildman–Crippen LogP) is 2.40. The quantitative estimate of drug-likeness (QED) is 0.831. The Morgan fingerprint density at radius 1 is 1.35 bits per heavy atom. The minimum Gasteiger partial charge on any atom is -0.367 e. The second-order valence-corrected chi connectivity index (χ2v) is 5.03. The Balaban J connectivity index is 2.34. The summed E-state index contributed by atoms with van der Waals surface area (Å²) in [7, 11) is 0. The van der Waals surface area contributed by atoms with Crippen molar-refractivity contribution >= 4 is 17.3 Å². The zero-order valence-corrected chi connectivity index (χ0v) is 10.8. The molecule has 1 aromatic carbocycles. The molecule has 1 heterocycles. The fourth-order valence-corrected chi connectivity index (χ4v) is 2.62. The fourth-order valence-electron chi connectivity index (χ4n) is 2.41. The lowest BCUT2D eigenvalue weighted by atomic mass is 10.1. The van der Waals surface area contributed by atoms with Gasteiger partial charge in [-0.2, -0.15) is 5.26 Å². The van der Waals surface area contributed by atoms with Crippen molar-refractivity contribution in [2.24, 2.45) is 0 Å². The smallest absolute Gasteiger partial charge is 0.103 e. The standard InChI is InChI=1S/C13H16ClN3/c1-9-7-17(8-10(2)16-9)13-5-3-4-12(14)11(13)6-15/h3-5,9-10,16H,7-8H2,1-2H3. The van der Waals surface area contributed by atoms with Gasteiger partial charge in [0.15, 0.2) is 0 Å². The maximum Gasteiger partial charge on any atom is 0.103 e. The number of nitriles is 1. The van der Waals surface area contributed by atoms with Crippen LogP contribution in [0.5, 0.6) is 0 Å². The molecule has 1 saturated heterocycles. The molecule has 1 fully saturated rings. The van der Waals surface area contributed by atoms with Crippen LogP contribution >= 0.6 is 11.6 Å². The molecule has 0 aliphatic carbocycles. The predicted molar refractivity (Wildman–Crippen MR) is 70.4 cm³/mol. The van der Waals surface area contributed by atoms with Gasteiger partial charge in [0.25, 0.3) is 0 Å². The molecular formula is C13H16ClN3. The monoisotopic (exact) mass is 249 g/mol. The van der Waals surface area contributed by atoms with Crippen molar-refractivity contribution in [3.63, 3.8) is 0 Å². The lowest BCUT2D eigenvalue weighted by Crippen LogP contribution is -2.54. The molecule has 1 aromatic rings. The summed E-state index contributed by atoms with van der Waals surface area (Å²) in [6, 6.07) is 8.67. The maximum absolute atomic E-state index is 9.18. The first-order valence-electron chi connectivity index (χ1n) is 5.81. The van der Waals surface area contributed by atoms with Crippen LogP contribution in [0.1, 0.15) is 19.4 Å². The number of benzene rings is 1. The van der Waals surface area contributed by atoms with E-state index in [1.807, 2.05) is 12.1 Å². The van der Waals surface area contributed by atoms with Gasteiger partial charge in [-0.25, -0.2) is 0 Å². The van der Waals surface area contributed by atoms with Crippen LogP contribution in [0.2, 0.25) is 5.02 Å². The fraction of sp³-hybridized carbons (Fsp3) is 0.462. The summed E-state index contributed by atoms with van der Waals surface area (Å²) in [6.07, 6.45) is 0. The van der Waals surface area contributed by atoms with Crippen molar-refractivity contribution in [3.8, 4) is 6.07 Å². The molecule has 2 rings (SSSR count). The molecule has 3 nitrogen and oxygen atoms in total. The van der Waals surface area contributed by atoms with E-state index in [4.69, 9.17) is 11.6 Å². The van der Waals surface area contributed by atoms with Crippen molar-refractivity contribution < 1.29 is 0 Å². The van der Waals surface area contributed by atoms with Crippen molar-refractivity contribution in [1.82, 2.24) is 5.32 Å². The SMILES string of the molecule is CC1CN(c2cccc(Cl)c2C#N)CC(C)N1. The Morgan fingerprint density at radius 3 is 2.59 bits per heavy atom. The summed E-state index contributed by atoms with van der Waals surface area (Å²) < 4.78 is 0. The Hall–Kier alpha value is -1.24. The Labute approximate surface area is 107 Å². The van der Waals surface area contributed by atoms with Gasteiger partial charge in [0.05, 0.1) is 16.3 Å². The molecule has 0 spiro atoms. The highest BCUT2D eigenvalue weighted by Crippen LogP contribution is 2.27. The van der Waals surface area contributed by atoms with Crippen LogP contribution in [0.15, 0.2) is 18.2 Å². The van der Waals surface area contributed by atoms with E-state index in [0.717, 1.165) is 18.8 Å². The second-order valence-electron chi connectivity index (χ2n) is 4.62. The van der Waals surface area contributed by atoms with Crippen molar-refractivity contribution in [1.29, 1.82) is 5.26 Å². The third-order valence-corrected chi connectivity index (χ3v) is 3.32. The molecule has 1 N–H and O–H groups in total. The molecule has 0 radical (unpaired) electrons. The summed E-state index contributed by atoms with van der Waals surface area (Å²) in [4.78, 5) is 2.23. The van der Waals surface area contributed by atoms with Gasteiger partial charge in [-0.3, -0.25) is 0 Å². The highest BCUT2D eigenvalue weighted by molar-refractivity contribution is 6.32. The van der Waals surface area contributed by atoms with Crippen LogP contribution in [0.4, 0.5) is 5.69 Å². The average Bonchev–Trinajstić information content (AvgIpc) is 2.27. The van der Waals surface area contributed by atoms with Crippen LogP contribution in [0, 0.1) is 11.3 Å². The van der Waals surface area contributed by atoms with E-state index in [1.54, 1.807) is 6.07 Å². The molecule has 90 valence electrons. The van der Waals surface area contributed by atoms with Gasteiger partial charge in [0, 0.05) is 25.2 Å². The van der Waals surface area contributed by atoms with Gasteiger partial charge in [-0.15, -0.1) is 0 Å². The molecule has 0 bridgehead atoms. The topological polar surface area (TPSA) is 39.1 Å². The molecule has 0 amide bonds. The number of piperazine rings is 1. The zero-order chi connectivity index (χ0) is 12.4. The van der Waals surface area contributed by atoms with Crippen LogP contribution in [-0.4, -0.2) is 25.2 Å². The summed E-state index contributed by atoms with van der Waals surface area (Å²) in [5, 5.41) is 13.2. The van der Waals surface area contributed by atoms with E-state index in [-0.39, 0.29) is 0 Å². The van der Waals surface area contributed by atoms with Gasteiger partial charge < -0.3 is 10.2 Å². The van der Waals surface area contributed by atoms with E-state index in [0.29, 0.717) is 22.7 Å². The molecule has 0 saturated carbocycles. The third-order valence-electron chi connectivity index (χ3n) is 3.00. The molecule has 1 aliphatic rings. The summed E-state index contributed by atoms with van der Waals surface area (Å²) >= 11 is 6.06. The summed E-state index contributed by atoms with van der Waals surface area (Å²) in [5.41, 5.74) is 1.52. The largest absolute Gasteiger partial charge is 0.367 e. The molecular weight excluding hydrogens is 234 g/mol. The highest BCUT2D eigenvalue weighted by atomic mass is 35.5. The number of hydrogen-bond acceptors (Lipinski definition) is 3. The van der Waals surface area contributed by atoms with Gasteiger partial charge in [0.1, 0.15) is 6.07 Å². The van der Waals surface area contributed by atoms with Crippen molar-refractivity contribution in [2.75, 3.05) is 18.0 Å². The van der Waals surface area contributed by atoms with E-state index >= 15 is 0 Å². The Morgan fingerprint density at radius 2 is 2.00 bits per heavy atom. The first-order chi connectivity index (χ1) is 8.11. The number of anilines is 1. The van der Waals surface area contributed by atoms with Crippen LogP contribution in [0.3, 0.4) is 0 Å². The van der Waals surface area contributed by atoms with Crippen LogP contribution in [-0.2, 0) is 0 Å². The maximum atomic E-state index is 9.18. The average molecular weight is 250 g/mol.